The molecule has 1 heterocycles. The summed E-state index contributed by atoms with van der Waals surface area (Å²) in [5.74, 6) is 0. The first-order valence-corrected chi connectivity index (χ1v) is 8.37. The normalized spacial score (nSPS) is 15.1. The van der Waals surface area contributed by atoms with E-state index in [-0.39, 0.29) is 0 Å². The van der Waals surface area contributed by atoms with E-state index in [4.69, 9.17) is 0 Å². The summed E-state index contributed by atoms with van der Waals surface area (Å²) in [5.41, 5.74) is 5.46. The minimum Gasteiger partial charge on any atom is -0.385 e. The van der Waals surface area contributed by atoms with Crippen LogP contribution in [0.25, 0.3) is 0 Å². The van der Waals surface area contributed by atoms with Crippen LogP contribution in [0.4, 0.5) is 5.69 Å². The largest absolute Gasteiger partial charge is 0.385 e. The summed E-state index contributed by atoms with van der Waals surface area (Å²) < 4.78 is 1.17. The number of anilines is 1. The average molecular weight is 345 g/mol. The maximum Gasteiger partial charge on any atom is 0.0418 e. The number of fused-ring (bicyclic) bond motifs is 1. The molecule has 0 amide bonds. The lowest BCUT2D eigenvalue weighted by Crippen LogP contribution is -2.21. The number of benzene rings is 2. The zero-order chi connectivity index (χ0) is 14.7. The van der Waals surface area contributed by atoms with Gasteiger partial charge in [0, 0.05) is 29.3 Å². The third-order valence-electron chi connectivity index (χ3n) is 4.13. The Morgan fingerprint density at radius 2 is 2.05 bits per heavy atom. The maximum absolute atomic E-state index is 3.64. The molecule has 0 saturated carbocycles. The fraction of sp³-hybridized carbons (Fsp3) is 0.333. The third-order valence-corrected chi connectivity index (χ3v) is 4.85. The highest BCUT2D eigenvalue weighted by atomic mass is 79.9. The van der Waals surface area contributed by atoms with E-state index in [2.05, 4.69) is 76.0 Å². The van der Waals surface area contributed by atoms with E-state index in [1.54, 1.807) is 0 Å². The molecule has 3 heteroatoms. The molecule has 2 N–H and O–H groups in total. The van der Waals surface area contributed by atoms with Gasteiger partial charge in [-0.25, -0.2) is 0 Å². The highest BCUT2D eigenvalue weighted by Gasteiger charge is 2.13. The van der Waals surface area contributed by atoms with Gasteiger partial charge in [0.15, 0.2) is 0 Å². The summed E-state index contributed by atoms with van der Waals surface area (Å²) in [5, 5.41) is 7.19. The number of hydrogen-bond acceptors (Lipinski definition) is 2. The highest BCUT2D eigenvalue weighted by Crippen LogP contribution is 2.27. The van der Waals surface area contributed by atoms with Crippen molar-refractivity contribution in [1.82, 2.24) is 5.32 Å². The molecule has 3 rings (SSSR count). The molecule has 0 aliphatic carbocycles. The van der Waals surface area contributed by atoms with Crippen LogP contribution in [0.15, 0.2) is 46.9 Å². The quantitative estimate of drug-likeness (QED) is 0.842. The lowest BCUT2D eigenvalue weighted by atomic mass is 9.99. The fourth-order valence-corrected chi connectivity index (χ4v) is 3.56. The molecule has 0 aromatic heterocycles. The van der Waals surface area contributed by atoms with Crippen LogP contribution in [-0.2, 0) is 13.0 Å². The van der Waals surface area contributed by atoms with E-state index < -0.39 is 0 Å². The van der Waals surface area contributed by atoms with Crippen LogP contribution in [0, 0.1) is 0 Å². The van der Waals surface area contributed by atoms with Gasteiger partial charge in [0.05, 0.1) is 0 Å². The van der Waals surface area contributed by atoms with Crippen molar-refractivity contribution < 1.29 is 0 Å². The molecule has 1 aliphatic heterocycles. The molecule has 0 spiro atoms. The molecule has 0 fully saturated rings. The standard InChI is InChI=1S/C18H21BrN2/c1-13(16-9-2-3-10-17(16)19)21-12-15-7-4-6-14-8-5-11-20-18(14)15/h2-4,6-7,9-10,13,20-21H,5,8,11-12H2,1H3/t13-/m0/s1. The molecular formula is C18H21BrN2. The van der Waals surface area contributed by atoms with Crippen molar-refractivity contribution >= 4 is 21.6 Å². The van der Waals surface area contributed by atoms with Crippen molar-refractivity contribution in [2.75, 3.05) is 11.9 Å². The van der Waals surface area contributed by atoms with Gasteiger partial charge >= 0.3 is 0 Å². The molecular weight excluding hydrogens is 324 g/mol. The third kappa shape index (κ3) is 3.30. The predicted octanol–water partition coefficient (Wildman–Crippen LogP) is 4.66. The monoisotopic (exact) mass is 344 g/mol. The van der Waals surface area contributed by atoms with Crippen LogP contribution in [0.2, 0.25) is 0 Å². The molecule has 2 nitrogen and oxygen atoms in total. The van der Waals surface area contributed by atoms with Crippen molar-refractivity contribution in [1.29, 1.82) is 0 Å². The van der Waals surface area contributed by atoms with Gasteiger partial charge in [0.2, 0.25) is 0 Å². The molecule has 110 valence electrons. The van der Waals surface area contributed by atoms with E-state index in [0.29, 0.717) is 6.04 Å². The number of halogens is 1. The molecule has 21 heavy (non-hydrogen) atoms. The topological polar surface area (TPSA) is 24.1 Å². The first-order valence-electron chi connectivity index (χ1n) is 7.58. The van der Waals surface area contributed by atoms with E-state index in [1.807, 2.05) is 0 Å². The molecule has 0 radical (unpaired) electrons. The molecule has 2 aromatic rings. The number of nitrogens with one attached hydrogen (secondary N) is 2. The van der Waals surface area contributed by atoms with Crippen LogP contribution in [0.5, 0.6) is 0 Å². The van der Waals surface area contributed by atoms with Gasteiger partial charge in [0.25, 0.3) is 0 Å². The second-order valence-electron chi connectivity index (χ2n) is 5.61. The van der Waals surface area contributed by atoms with Crippen LogP contribution in [-0.4, -0.2) is 6.54 Å². The average Bonchev–Trinajstić information content (AvgIpc) is 2.53. The molecule has 1 atom stereocenters. The van der Waals surface area contributed by atoms with E-state index in [0.717, 1.165) is 13.1 Å². The van der Waals surface area contributed by atoms with Crippen LogP contribution >= 0.6 is 15.9 Å². The SMILES string of the molecule is C[C@H](NCc1cccc2c1NCCC2)c1ccccc1Br. The Labute approximate surface area is 135 Å². The summed E-state index contributed by atoms with van der Waals surface area (Å²) in [6.45, 7) is 4.19. The second-order valence-corrected chi connectivity index (χ2v) is 6.46. The van der Waals surface area contributed by atoms with Gasteiger partial charge in [-0.3, -0.25) is 0 Å². The number of para-hydroxylation sites is 1. The van der Waals surface area contributed by atoms with Crippen LogP contribution < -0.4 is 10.6 Å². The van der Waals surface area contributed by atoms with Crippen molar-refractivity contribution in [2.24, 2.45) is 0 Å². The van der Waals surface area contributed by atoms with Crippen LogP contribution in [0.3, 0.4) is 0 Å². The summed E-state index contributed by atoms with van der Waals surface area (Å²) in [6, 6.07) is 15.4. The van der Waals surface area contributed by atoms with Gasteiger partial charge in [-0.15, -0.1) is 0 Å². The minimum atomic E-state index is 0.319. The Kier molecular flexibility index (Phi) is 4.61. The molecule has 2 aromatic carbocycles. The summed E-state index contributed by atoms with van der Waals surface area (Å²) >= 11 is 3.63. The van der Waals surface area contributed by atoms with Gasteiger partial charge in [-0.1, -0.05) is 52.3 Å². The molecule has 1 aliphatic rings. The lowest BCUT2D eigenvalue weighted by Gasteiger charge is -2.23. The Morgan fingerprint density at radius 3 is 2.90 bits per heavy atom. The predicted molar refractivity (Wildman–Crippen MR) is 92.6 cm³/mol. The van der Waals surface area contributed by atoms with Gasteiger partial charge < -0.3 is 10.6 Å². The van der Waals surface area contributed by atoms with Crippen LogP contribution in [0.1, 0.15) is 36.1 Å². The molecule has 0 bridgehead atoms. The molecule has 0 unspecified atom stereocenters. The zero-order valence-electron chi connectivity index (χ0n) is 12.3. The van der Waals surface area contributed by atoms with Gasteiger partial charge in [-0.2, -0.15) is 0 Å². The summed E-state index contributed by atoms with van der Waals surface area (Å²) in [7, 11) is 0. The Morgan fingerprint density at radius 1 is 1.19 bits per heavy atom. The van der Waals surface area contributed by atoms with Crippen molar-refractivity contribution in [3.8, 4) is 0 Å². The summed E-state index contributed by atoms with van der Waals surface area (Å²) in [6.07, 6.45) is 2.42. The van der Waals surface area contributed by atoms with E-state index in [9.17, 15) is 0 Å². The molecule has 0 saturated heterocycles. The fourth-order valence-electron chi connectivity index (χ4n) is 2.93. The Balaban J connectivity index is 1.72. The highest BCUT2D eigenvalue weighted by molar-refractivity contribution is 9.10. The van der Waals surface area contributed by atoms with Crippen molar-refractivity contribution in [3.05, 3.63) is 63.6 Å². The number of aryl methyl sites for hydroxylation is 1. The maximum atomic E-state index is 3.64. The first kappa shape index (κ1) is 14.6. The van der Waals surface area contributed by atoms with Crippen molar-refractivity contribution in [3.63, 3.8) is 0 Å². The lowest BCUT2D eigenvalue weighted by molar-refractivity contribution is 0.572. The number of hydrogen-bond donors (Lipinski definition) is 2. The summed E-state index contributed by atoms with van der Waals surface area (Å²) in [4.78, 5) is 0. The second kappa shape index (κ2) is 6.63. The van der Waals surface area contributed by atoms with Crippen molar-refractivity contribution in [2.45, 2.75) is 32.4 Å². The first-order chi connectivity index (χ1) is 10.3. The van der Waals surface area contributed by atoms with E-state index >= 15 is 0 Å². The zero-order valence-corrected chi connectivity index (χ0v) is 13.9. The van der Waals surface area contributed by atoms with E-state index in [1.165, 1.54) is 39.7 Å². The minimum absolute atomic E-state index is 0.319. The van der Waals surface area contributed by atoms with Gasteiger partial charge in [-0.05, 0) is 42.5 Å². The Bertz CT molecular complexity index is 624. The Hall–Kier alpha value is -1.32. The van der Waals surface area contributed by atoms with Gasteiger partial charge in [0.1, 0.15) is 0 Å². The number of rotatable bonds is 4. The smallest absolute Gasteiger partial charge is 0.0418 e.